The number of azo groups is 2. The average Bonchev–Trinajstić information content (AvgIpc) is 3.32. The van der Waals surface area contributed by atoms with Gasteiger partial charge in [0.1, 0.15) is 32.7 Å². The van der Waals surface area contributed by atoms with Gasteiger partial charge in [-0.1, -0.05) is 102 Å². The molecule has 0 saturated heterocycles. The van der Waals surface area contributed by atoms with Crippen LogP contribution in [0.4, 0.5) is 34.1 Å². The molecule has 0 unspecified atom stereocenters. The zero-order chi connectivity index (χ0) is 52.1. The van der Waals surface area contributed by atoms with Gasteiger partial charge in [-0.15, -0.1) is 5.11 Å². The first-order chi connectivity index (χ1) is 34.2. The fourth-order valence-corrected chi connectivity index (χ4v) is 10.0. The van der Waals surface area contributed by atoms with Crippen molar-refractivity contribution in [1.82, 2.24) is 0 Å². The Morgan fingerprint density at radius 2 is 1.07 bits per heavy atom. The molecule has 0 radical (unpaired) electrons. The van der Waals surface area contributed by atoms with Crippen molar-refractivity contribution in [3.8, 4) is 23.0 Å². The third-order valence-electron chi connectivity index (χ3n) is 10.6. The first-order valence-corrected chi connectivity index (χ1v) is 24.5. The summed E-state index contributed by atoms with van der Waals surface area (Å²) in [6, 6.07) is 35.4. The summed E-state index contributed by atoms with van der Waals surface area (Å²) in [6.07, 6.45) is 0. The number of carbonyl (C=O) groups is 1. The number of aliphatic imine (C=N–C) groups is 1. The van der Waals surface area contributed by atoms with Crippen LogP contribution in [-0.4, -0.2) is 106 Å². The van der Waals surface area contributed by atoms with Gasteiger partial charge in [-0.25, -0.2) is 0 Å². The van der Waals surface area contributed by atoms with Crippen LogP contribution >= 0.6 is 23.2 Å². The molecular weight excluding hydrogens is 1150 g/mol. The number of methoxy groups -OCH3 is 2. The van der Waals surface area contributed by atoms with E-state index in [9.17, 15) is 46.1 Å². The van der Waals surface area contributed by atoms with Crippen molar-refractivity contribution in [1.29, 1.82) is 0 Å². The first kappa shape index (κ1) is 55.9. The first-order valence-electron chi connectivity index (χ1n) is 20.9. The molecular formula is C50H38BaCl2N6O12S2. The second-order valence-electron chi connectivity index (χ2n) is 15.4. The van der Waals surface area contributed by atoms with Gasteiger partial charge < -0.3 is 30.1 Å². The summed E-state index contributed by atoms with van der Waals surface area (Å²) in [7, 11) is -6.14. The van der Waals surface area contributed by atoms with E-state index in [0.717, 1.165) is 0 Å². The molecule has 0 saturated carbocycles. The normalized spacial score (nSPS) is 11.9. The number of hydrogen-bond acceptors (Lipinski definition) is 15. The van der Waals surface area contributed by atoms with E-state index in [0.29, 0.717) is 38.7 Å². The minimum atomic E-state index is -4.54. The Hall–Kier alpha value is -6.41. The Labute approximate surface area is 468 Å². The third-order valence-corrected chi connectivity index (χ3v) is 13.5. The van der Waals surface area contributed by atoms with Crippen LogP contribution in [-0.2, 0) is 20.2 Å². The van der Waals surface area contributed by atoms with Crippen LogP contribution in [0.25, 0.3) is 21.5 Å². The second kappa shape index (κ2) is 23.6. The molecule has 0 aliphatic rings. The van der Waals surface area contributed by atoms with Crippen molar-refractivity contribution in [2.45, 2.75) is 23.6 Å². The summed E-state index contributed by atoms with van der Waals surface area (Å²) >= 11 is 12.1. The third kappa shape index (κ3) is 12.9. The van der Waals surface area contributed by atoms with Gasteiger partial charge in [-0.05, 0) is 108 Å². The second-order valence-corrected chi connectivity index (χ2v) is 18.9. The van der Waals surface area contributed by atoms with E-state index >= 15 is 0 Å². The smallest absolute Gasteiger partial charge is 0.871 e. The minimum absolute atomic E-state index is 0. The number of benzene rings is 8. The fraction of sp³-hybridized carbons (Fsp3) is 0.0800. The number of ether oxygens (including phenoxy) is 2. The number of nitrogens with zero attached hydrogens (tertiary/aromatic N) is 5. The number of fused-ring (bicyclic) bond motifs is 2. The Morgan fingerprint density at radius 3 is 1.59 bits per heavy atom. The topological polar surface area (TPSA) is 284 Å². The molecule has 1 amide bonds. The molecule has 23 heteroatoms. The van der Waals surface area contributed by atoms with Crippen LogP contribution < -0.4 is 25.0 Å². The van der Waals surface area contributed by atoms with Crippen molar-refractivity contribution in [2.75, 3.05) is 19.5 Å². The maximum absolute atomic E-state index is 13.3. The predicted molar refractivity (Wildman–Crippen MR) is 275 cm³/mol. The van der Waals surface area contributed by atoms with Crippen molar-refractivity contribution in [2.24, 2.45) is 25.4 Å². The monoisotopic (exact) mass is 1190 g/mol. The number of aromatic hydroxyl groups is 1. The minimum Gasteiger partial charge on any atom is -0.871 e. The number of rotatable bonds is 12. The summed E-state index contributed by atoms with van der Waals surface area (Å²) in [6.45, 7) is 2.88. The molecule has 0 aliphatic carbocycles. The van der Waals surface area contributed by atoms with Crippen molar-refractivity contribution >= 4 is 160 Å². The van der Waals surface area contributed by atoms with Gasteiger partial charge in [-0.2, -0.15) is 32.2 Å². The molecule has 8 aromatic rings. The maximum atomic E-state index is 13.3. The number of halogens is 2. The van der Waals surface area contributed by atoms with E-state index in [1.807, 2.05) is 0 Å². The standard InChI is InChI=1S/2C25H20ClN3O6S.Ba/c2*1-14-11-16(13-19(26)24(14)36(32,33)34)28-29-22-17-8-4-3-7-15(17)12-18(23(22)30)25(31)27-20-9-5-6-10-21(20)35-2;/h2*3-13,30H,1-2H3,(H,27,31)(H,32,33,34);/q;;+2/p-2. The Kier molecular flexibility index (Phi) is 18.1. The van der Waals surface area contributed by atoms with Crippen molar-refractivity contribution in [3.05, 3.63) is 166 Å². The Bertz CT molecular complexity index is 3740. The van der Waals surface area contributed by atoms with Gasteiger partial charge in [-0.3, -0.25) is 18.9 Å². The Morgan fingerprint density at radius 1 is 0.616 bits per heavy atom. The summed E-state index contributed by atoms with van der Waals surface area (Å²) in [5.41, 5.74) is 1.01. The van der Waals surface area contributed by atoms with Crippen molar-refractivity contribution in [3.63, 3.8) is 0 Å². The van der Waals surface area contributed by atoms with Crippen LogP contribution in [0.15, 0.2) is 169 Å². The molecule has 18 nitrogen and oxygen atoms in total. The molecule has 0 atom stereocenters. The van der Waals surface area contributed by atoms with Crippen LogP contribution in [0, 0.1) is 13.8 Å². The molecule has 8 aromatic carbocycles. The van der Waals surface area contributed by atoms with E-state index in [-0.39, 0.29) is 110 Å². The quantitative estimate of drug-likeness (QED) is 0.0292. The number of nitrogens with one attached hydrogen (secondary N) is 1. The molecule has 73 heavy (non-hydrogen) atoms. The fourth-order valence-electron chi connectivity index (χ4n) is 7.40. The molecule has 0 spiro atoms. The van der Waals surface area contributed by atoms with Gasteiger partial charge in [0.15, 0.2) is 5.75 Å². The largest absolute Gasteiger partial charge is 2.00 e. The van der Waals surface area contributed by atoms with Gasteiger partial charge >= 0.3 is 48.9 Å². The molecule has 0 heterocycles. The number of hydrogen-bond donors (Lipinski definition) is 4. The number of phenolic OH excluding ortho intramolecular Hbond substituents is 1. The van der Waals surface area contributed by atoms with E-state index in [2.05, 4.69) is 30.8 Å². The van der Waals surface area contributed by atoms with E-state index in [4.69, 9.17) is 32.7 Å². The number of amides is 1. The van der Waals surface area contributed by atoms with Crippen molar-refractivity contribution < 1.29 is 55.5 Å². The van der Waals surface area contributed by atoms with Gasteiger partial charge in [0, 0.05) is 10.8 Å². The van der Waals surface area contributed by atoms with Gasteiger partial charge in [0.2, 0.25) is 0 Å². The van der Waals surface area contributed by atoms with E-state index in [1.54, 1.807) is 97.1 Å². The van der Waals surface area contributed by atoms with E-state index < -0.39 is 53.3 Å². The number of aryl methyl sites for hydroxylation is 2. The summed E-state index contributed by atoms with van der Waals surface area (Å²) in [4.78, 5) is 16.3. The molecule has 368 valence electrons. The van der Waals surface area contributed by atoms with Crippen LogP contribution in [0.1, 0.15) is 27.0 Å². The van der Waals surface area contributed by atoms with Gasteiger partial charge in [0.25, 0.3) is 26.1 Å². The maximum Gasteiger partial charge on any atom is 2.00 e. The number of para-hydroxylation sites is 4. The number of anilines is 1. The summed E-state index contributed by atoms with van der Waals surface area (Å²) in [5, 5.41) is 58.1. The SMILES string of the molecule is COc1ccccc1N=C([O-])c1cc2ccccc2c(N=Nc2cc(C)c(S(=O)(=O)O)c(Cl)c2)c1[O-].COc1ccccc1NC(=O)c1cc2ccccc2c(N=Nc2cc(C)c(S(=O)(=O)O)c(Cl)c2)c1O.[Ba+2]. The summed E-state index contributed by atoms with van der Waals surface area (Å²) in [5.74, 6) is -1.62. The van der Waals surface area contributed by atoms with Crippen LogP contribution in [0.5, 0.6) is 23.0 Å². The van der Waals surface area contributed by atoms with E-state index in [1.165, 1.54) is 64.5 Å². The summed E-state index contributed by atoms with van der Waals surface area (Å²) < 4.78 is 75.5. The molecule has 0 bridgehead atoms. The number of carbonyl (C=O) groups excluding carboxylic acids is 1. The molecule has 4 N–H and O–H groups in total. The average molecular weight is 1190 g/mol. The Balaban J connectivity index is 0.000000235. The predicted octanol–water partition coefficient (Wildman–Crippen LogP) is 11.0. The van der Waals surface area contributed by atoms with Crippen LogP contribution in [0.2, 0.25) is 10.0 Å². The zero-order valence-electron chi connectivity index (χ0n) is 38.7. The molecule has 0 aromatic heterocycles. The zero-order valence-corrected chi connectivity index (χ0v) is 46.3. The van der Waals surface area contributed by atoms with Gasteiger partial charge in [0.05, 0.1) is 52.6 Å². The molecule has 0 fully saturated rings. The molecule has 8 rings (SSSR count). The molecule has 0 aliphatic heterocycles. The van der Waals surface area contributed by atoms with Crippen LogP contribution in [0.3, 0.4) is 0 Å². The number of phenols is 1.